The highest BCUT2D eigenvalue weighted by atomic mass is 16.2. The van der Waals surface area contributed by atoms with Crippen LogP contribution < -0.4 is 10.2 Å². The van der Waals surface area contributed by atoms with Crippen molar-refractivity contribution in [3.05, 3.63) is 30.1 Å². The molecule has 1 aromatic heterocycles. The van der Waals surface area contributed by atoms with Crippen molar-refractivity contribution in [2.45, 2.75) is 13.8 Å². The van der Waals surface area contributed by atoms with Gasteiger partial charge in [-0.2, -0.15) is 5.21 Å². The zero-order valence-electron chi connectivity index (χ0n) is 10.9. The molecule has 0 aliphatic carbocycles. The van der Waals surface area contributed by atoms with E-state index in [4.69, 9.17) is 0 Å². The minimum atomic E-state index is -0.385. The summed E-state index contributed by atoms with van der Waals surface area (Å²) in [6, 6.07) is 7.65. The Kier molecular flexibility index (Phi) is 4.07. The molecule has 0 fully saturated rings. The summed E-state index contributed by atoms with van der Waals surface area (Å²) in [4.78, 5) is 13.9. The number of rotatable bonds is 5. The molecule has 2 aromatic rings. The van der Waals surface area contributed by atoms with E-state index in [0.717, 1.165) is 18.8 Å². The molecule has 2 rings (SSSR count). The van der Waals surface area contributed by atoms with Gasteiger partial charge in [-0.05, 0) is 43.3 Å². The first-order valence-electron chi connectivity index (χ1n) is 6.14. The molecule has 0 unspecified atom stereocenters. The lowest BCUT2D eigenvalue weighted by molar-refractivity contribution is 0.101. The third-order valence-electron chi connectivity index (χ3n) is 2.80. The fourth-order valence-electron chi connectivity index (χ4n) is 1.79. The summed E-state index contributed by atoms with van der Waals surface area (Å²) in [5, 5.41) is 15.5. The van der Waals surface area contributed by atoms with Crippen LogP contribution in [0, 0.1) is 0 Å². The molecule has 0 aliphatic heterocycles. The van der Waals surface area contributed by atoms with E-state index in [-0.39, 0.29) is 11.7 Å². The molecule has 0 radical (unpaired) electrons. The molecule has 19 heavy (non-hydrogen) atoms. The molecular formula is C12H16N6O. The van der Waals surface area contributed by atoms with Gasteiger partial charge in [0.05, 0.1) is 0 Å². The van der Waals surface area contributed by atoms with E-state index < -0.39 is 0 Å². The molecule has 0 saturated heterocycles. The van der Waals surface area contributed by atoms with Crippen LogP contribution in [0.25, 0.3) is 0 Å². The van der Waals surface area contributed by atoms with Crippen molar-refractivity contribution in [3.8, 4) is 0 Å². The molecule has 0 atom stereocenters. The Morgan fingerprint density at radius 3 is 2.47 bits per heavy atom. The van der Waals surface area contributed by atoms with Crippen molar-refractivity contribution >= 4 is 17.3 Å². The van der Waals surface area contributed by atoms with Gasteiger partial charge in [0.2, 0.25) is 0 Å². The van der Waals surface area contributed by atoms with Crippen LogP contribution in [0.2, 0.25) is 0 Å². The number of aromatic nitrogens is 4. The standard InChI is InChI=1S/C12H16N6O/c1-3-18(4-2)10-7-5-9(6-8-10)13-12(19)11-14-16-17-15-11/h5-8H,3-4H2,1-2H3,(H,13,19)(H,14,15,16,17). The molecule has 100 valence electrons. The van der Waals surface area contributed by atoms with Gasteiger partial charge >= 0.3 is 0 Å². The van der Waals surface area contributed by atoms with Gasteiger partial charge < -0.3 is 10.2 Å². The predicted molar refractivity (Wildman–Crippen MR) is 72.1 cm³/mol. The van der Waals surface area contributed by atoms with Gasteiger partial charge in [0, 0.05) is 24.5 Å². The molecule has 0 aliphatic rings. The summed E-state index contributed by atoms with van der Waals surface area (Å²) in [7, 11) is 0. The number of carbonyl (C=O) groups excluding carboxylic acids is 1. The monoisotopic (exact) mass is 260 g/mol. The number of nitrogens with one attached hydrogen (secondary N) is 2. The third kappa shape index (κ3) is 3.06. The van der Waals surface area contributed by atoms with E-state index in [1.54, 1.807) is 0 Å². The number of benzene rings is 1. The largest absolute Gasteiger partial charge is 0.372 e. The topological polar surface area (TPSA) is 86.8 Å². The zero-order valence-corrected chi connectivity index (χ0v) is 10.9. The Bertz CT molecular complexity index is 518. The summed E-state index contributed by atoms with van der Waals surface area (Å²) in [5.41, 5.74) is 1.83. The normalized spacial score (nSPS) is 10.2. The number of anilines is 2. The van der Waals surface area contributed by atoms with E-state index in [1.807, 2.05) is 24.3 Å². The SMILES string of the molecule is CCN(CC)c1ccc(NC(=O)c2nn[nH]n2)cc1. The van der Waals surface area contributed by atoms with Crippen LogP contribution in [0.4, 0.5) is 11.4 Å². The van der Waals surface area contributed by atoms with E-state index in [1.165, 1.54) is 0 Å². The number of aromatic amines is 1. The van der Waals surface area contributed by atoms with Crippen molar-refractivity contribution < 1.29 is 4.79 Å². The maximum Gasteiger partial charge on any atom is 0.297 e. The Morgan fingerprint density at radius 2 is 1.95 bits per heavy atom. The second kappa shape index (κ2) is 5.94. The second-order valence-corrected chi connectivity index (χ2v) is 3.91. The molecule has 0 saturated carbocycles. The minimum absolute atomic E-state index is 0.0211. The van der Waals surface area contributed by atoms with Crippen LogP contribution in [0.3, 0.4) is 0 Å². The third-order valence-corrected chi connectivity index (χ3v) is 2.80. The number of hydrogen-bond donors (Lipinski definition) is 2. The first-order chi connectivity index (χ1) is 9.24. The van der Waals surface area contributed by atoms with Crippen LogP contribution in [0.1, 0.15) is 24.5 Å². The molecule has 7 heteroatoms. The highest BCUT2D eigenvalue weighted by Gasteiger charge is 2.10. The highest BCUT2D eigenvalue weighted by Crippen LogP contribution is 2.17. The van der Waals surface area contributed by atoms with E-state index in [0.29, 0.717) is 5.69 Å². The molecule has 1 aromatic carbocycles. The molecule has 2 N–H and O–H groups in total. The maximum absolute atomic E-state index is 11.7. The summed E-state index contributed by atoms with van der Waals surface area (Å²) < 4.78 is 0. The van der Waals surface area contributed by atoms with Crippen molar-refractivity contribution in [3.63, 3.8) is 0 Å². The summed E-state index contributed by atoms with van der Waals surface area (Å²) in [6.45, 7) is 6.11. The fourth-order valence-corrected chi connectivity index (χ4v) is 1.79. The second-order valence-electron chi connectivity index (χ2n) is 3.91. The van der Waals surface area contributed by atoms with Crippen LogP contribution in [0.15, 0.2) is 24.3 Å². The van der Waals surface area contributed by atoms with Crippen LogP contribution in [-0.4, -0.2) is 39.6 Å². The van der Waals surface area contributed by atoms with E-state index >= 15 is 0 Å². The molecule has 1 heterocycles. The van der Waals surface area contributed by atoms with Gasteiger partial charge in [-0.15, -0.1) is 10.2 Å². The lowest BCUT2D eigenvalue weighted by atomic mass is 10.2. The van der Waals surface area contributed by atoms with E-state index in [2.05, 4.69) is 44.7 Å². The molecule has 0 bridgehead atoms. The van der Waals surface area contributed by atoms with Crippen molar-refractivity contribution in [2.75, 3.05) is 23.3 Å². The van der Waals surface area contributed by atoms with Crippen molar-refractivity contribution in [2.24, 2.45) is 0 Å². The molecule has 1 amide bonds. The summed E-state index contributed by atoms with van der Waals surface area (Å²) in [6.07, 6.45) is 0. The van der Waals surface area contributed by atoms with Crippen LogP contribution in [-0.2, 0) is 0 Å². The lowest BCUT2D eigenvalue weighted by Crippen LogP contribution is -2.21. The average Bonchev–Trinajstić information content (AvgIpc) is 2.96. The number of amides is 1. The Labute approximate surface area is 111 Å². The Hall–Kier alpha value is -2.44. The first-order valence-corrected chi connectivity index (χ1v) is 6.14. The predicted octanol–water partition coefficient (Wildman–Crippen LogP) is 1.30. The number of hydrogen-bond acceptors (Lipinski definition) is 5. The van der Waals surface area contributed by atoms with Crippen molar-refractivity contribution in [1.82, 2.24) is 20.6 Å². The molecular weight excluding hydrogens is 244 g/mol. The van der Waals surface area contributed by atoms with Crippen molar-refractivity contribution in [1.29, 1.82) is 0 Å². The van der Waals surface area contributed by atoms with Gasteiger partial charge in [0.1, 0.15) is 0 Å². The first kappa shape index (κ1) is 13.0. The van der Waals surface area contributed by atoms with Gasteiger partial charge in [-0.1, -0.05) is 0 Å². The quantitative estimate of drug-likeness (QED) is 0.846. The highest BCUT2D eigenvalue weighted by molar-refractivity contribution is 6.01. The number of H-pyrrole nitrogens is 1. The number of tetrazole rings is 1. The van der Waals surface area contributed by atoms with Gasteiger partial charge in [-0.25, -0.2) is 0 Å². The van der Waals surface area contributed by atoms with Crippen LogP contribution in [0.5, 0.6) is 0 Å². The Morgan fingerprint density at radius 1 is 1.26 bits per heavy atom. The number of nitrogens with zero attached hydrogens (tertiary/aromatic N) is 4. The van der Waals surface area contributed by atoms with Gasteiger partial charge in [0.15, 0.2) is 0 Å². The molecule has 0 spiro atoms. The van der Waals surface area contributed by atoms with E-state index in [9.17, 15) is 4.79 Å². The van der Waals surface area contributed by atoms with Crippen LogP contribution >= 0.6 is 0 Å². The summed E-state index contributed by atoms with van der Waals surface area (Å²) >= 11 is 0. The maximum atomic E-state index is 11.7. The average molecular weight is 260 g/mol. The zero-order chi connectivity index (χ0) is 13.7. The molecule has 7 nitrogen and oxygen atoms in total. The van der Waals surface area contributed by atoms with Gasteiger partial charge in [-0.3, -0.25) is 4.79 Å². The Balaban J connectivity index is 2.05. The lowest BCUT2D eigenvalue weighted by Gasteiger charge is -2.21. The fraction of sp³-hybridized carbons (Fsp3) is 0.333. The minimum Gasteiger partial charge on any atom is -0.372 e. The summed E-state index contributed by atoms with van der Waals surface area (Å²) in [5.74, 6) is -0.364. The smallest absolute Gasteiger partial charge is 0.297 e. The number of carbonyl (C=O) groups is 1. The van der Waals surface area contributed by atoms with Gasteiger partial charge in [0.25, 0.3) is 11.7 Å².